The minimum atomic E-state index is -0.116. The molecule has 1 heterocycles. The van der Waals surface area contributed by atoms with Crippen LogP contribution >= 0.6 is 0 Å². The summed E-state index contributed by atoms with van der Waals surface area (Å²) in [6.45, 7) is 4.73. The van der Waals surface area contributed by atoms with Crippen molar-refractivity contribution >= 4 is 38.9 Å². The van der Waals surface area contributed by atoms with Gasteiger partial charge in [0, 0.05) is 44.4 Å². The Labute approximate surface area is 381 Å². The number of anilines is 3. The standard InChI is InChI=1S/C63H46N2/c1-63(2)57-29-14-12-24-53(57)54-41-38-47(42-58(54)63)51-26-17-31-60(61(51)46-34-32-44(33-35-46)43-18-6-3-7-19-43)64(48-20-8-4-9-21-48)50-39-36-45(37-40-50)52-27-16-28-56-55-25-13-15-30-59(55)65(62(52)56)49-22-10-5-11-23-49/h3-42H,1-2H3. The zero-order chi connectivity index (χ0) is 43.5. The Morgan fingerprint density at radius 1 is 0.354 bits per heavy atom. The van der Waals surface area contributed by atoms with Gasteiger partial charge < -0.3 is 9.47 Å². The monoisotopic (exact) mass is 830 g/mol. The fourth-order valence-corrected chi connectivity index (χ4v) is 10.5. The number of hydrogen-bond acceptors (Lipinski definition) is 1. The molecule has 65 heavy (non-hydrogen) atoms. The molecule has 0 fully saturated rings. The zero-order valence-corrected chi connectivity index (χ0v) is 36.5. The highest BCUT2D eigenvalue weighted by molar-refractivity contribution is 6.14. The molecule has 0 atom stereocenters. The van der Waals surface area contributed by atoms with Gasteiger partial charge in [-0.15, -0.1) is 0 Å². The lowest BCUT2D eigenvalue weighted by Crippen LogP contribution is -2.15. The molecule has 0 amide bonds. The van der Waals surface area contributed by atoms with E-state index in [9.17, 15) is 0 Å². The van der Waals surface area contributed by atoms with Gasteiger partial charge >= 0.3 is 0 Å². The van der Waals surface area contributed by atoms with Crippen molar-refractivity contribution < 1.29 is 0 Å². The van der Waals surface area contributed by atoms with Crippen molar-refractivity contribution in [3.8, 4) is 61.3 Å². The number of aromatic nitrogens is 1. The predicted molar refractivity (Wildman–Crippen MR) is 275 cm³/mol. The Balaban J connectivity index is 1.04. The fraction of sp³-hybridized carbons (Fsp3) is 0.0476. The van der Waals surface area contributed by atoms with E-state index < -0.39 is 0 Å². The lowest BCUT2D eigenvalue weighted by Gasteiger charge is -2.29. The van der Waals surface area contributed by atoms with E-state index in [-0.39, 0.29) is 5.41 Å². The summed E-state index contributed by atoms with van der Waals surface area (Å²) >= 11 is 0. The quantitative estimate of drug-likeness (QED) is 0.148. The molecule has 12 rings (SSSR count). The maximum atomic E-state index is 2.45. The van der Waals surface area contributed by atoms with Crippen LogP contribution in [0, 0.1) is 0 Å². The predicted octanol–water partition coefficient (Wildman–Crippen LogP) is 17.2. The molecule has 0 saturated carbocycles. The van der Waals surface area contributed by atoms with E-state index in [0.29, 0.717) is 0 Å². The number of para-hydroxylation sites is 4. The number of rotatable bonds is 8. The van der Waals surface area contributed by atoms with E-state index in [4.69, 9.17) is 0 Å². The third kappa shape index (κ3) is 6.40. The fourth-order valence-electron chi connectivity index (χ4n) is 10.5. The van der Waals surface area contributed by atoms with Crippen LogP contribution in [0.2, 0.25) is 0 Å². The highest BCUT2D eigenvalue weighted by Gasteiger charge is 2.35. The van der Waals surface area contributed by atoms with Crippen LogP contribution in [-0.4, -0.2) is 4.57 Å². The number of nitrogens with zero attached hydrogens (tertiary/aromatic N) is 2. The van der Waals surface area contributed by atoms with Crippen LogP contribution in [0.5, 0.6) is 0 Å². The van der Waals surface area contributed by atoms with Crippen LogP contribution < -0.4 is 4.90 Å². The minimum Gasteiger partial charge on any atom is -0.310 e. The molecule has 0 bridgehead atoms. The second-order valence-corrected chi connectivity index (χ2v) is 17.7. The molecule has 0 spiro atoms. The number of benzene rings is 10. The average molecular weight is 831 g/mol. The molecule has 1 aromatic heterocycles. The van der Waals surface area contributed by atoms with E-state index >= 15 is 0 Å². The molecule has 11 aromatic rings. The first-order valence-electron chi connectivity index (χ1n) is 22.6. The molecule has 0 aliphatic heterocycles. The van der Waals surface area contributed by atoms with Crippen LogP contribution in [0.3, 0.4) is 0 Å². The van der Waals surface area contributed by atoms with Gasteiger partial charge in [-0.05, 0) is 110 Å². The first-order valence-corrected chi connectivity index (χ1v) is 22.6. The van der Waals surface area contributed by atoms with E-state index in [0.717, 1.165) is 28.3 Å². The van der Waals surface area contributed by atoms with Gasteiger partial charge in [0.1, 0.15) is 0 Å². The Bertz CT molecular complexity index is 3530. The molecular formula is C63H46N2. The summed E-state index contributed by atoms with van der Waals surface area (Å²) in [6.07, 6.45) is 0. The van der Waals surface area contributed by atoms with Gasteiger partial charge in [0.05, 0.1) is 16.7 Å². The smallest absolute Gasteiger partial charge is 0.0619 e. The largest absolute Gasteiger partial charge is 0.310 e. The van der Waals surface area contributed by atoms with E-state index in [1.165, 1.54) is 83.0 Å². The topological polar surface area (TPSA) is 8.17 Å². The van der Waals surface area contributed by atoms with Crippen molar-refractivity contribution in [2.45, 2.75) is 19.3 Å². The Morgan fingerprint density at radius 2 is 0.892 bits per heavy atom. The number of fused-ring (bicyclic) bond motifs is 6. The first kappa shape index (κ1) is 38.5. The Kier molecular flexibility index (Phi) is 9.21. The Morgan fingerprint density at radius 3 is 1.68 bits per heavy atom. The molecule has 2 heteroatoms. The molecule has 0 unspecified atom stereocenters. The van der Waals surface area contributed by atoms with Crippen molar-refractivity contribution in [3.63, 3.8) is 0 Å². The summed E-state index contributed by atoms with van der Waals surface area (Å²) in [7, 11) is 0. The van der Waals surface area contributed by atoms with E-state index in [1.54, 1.807) is 0 Å². The molecule has 308 valence electrons. The summed E-state index contributed by atoms with van der Waals surface area (Å²) < 4.78 is 2.42. The van der Waals surface area contributed by atoms with Crippen molar-refractivity contribution in [2.24, 2.45) is 0 Å². The van der Waals surface area contributed by atoms with Crippen molar-refractivity contribution in [2.75, 3.05) is 4.90 Å². The molecular weight excluding hydrogens is 785 g/mol. The van der Waals surface area contributed by atoms with Gasteiger partial charge in [0.25, 0.3) is 0 Å². The zero-order valence-electron chi connectivity index (χ0n) is 36.5. The van der Waals surface area contributed by atoms with Gasteiger partial charge in [0.15, 0.2) is 0 Å². The summed E-state index contributed by atoms with van der Waals surface area (Å²) in [5, 5.41) is 2.50. The molecule has 0 N–H and O–H groups in total. The first-order chi connectivity index (χ1) is 32.0. The lowest BCUT2D eigenvalue weighted by atomic mass is 9.81. The van der Waals surface area contributed by atoms with Crippen molar-refractivity contribution in [1.82, 2.24) is 4.57 Å². The van der Waals surface area contributed by atoms with Gasteiger partial charge in [-0.2, -0.15) is 0 Å². The van der Waals surface area contributed by atoms with Gasteiger partial charge in [0.2, 0.25) is 0 Å². The summed E-state index contributed by atoms with van der Waals surface area (Å²) in [5.74, 6) is 0. The van der Waals surface area contributed by atoms with Gasteiger partial charge in [-0.1, -0.05) is 202 Å². The van der Waals surface area contributed by atoms with Crippen molar-refractivity contribution in [1.29, 1.82) is 0 Å². The second kappa shape index (κ2) is 15.6. The average Bonchev–Trinajstić information content (AvgIpc) is 3.83. The summed E-state index contributed by atoms with van der Waals surface area (Å²) in [6, 6.07) is 88.8. The lowest BCUT2D eigenvalue weighted by molar-refractivity contribution is 0.660. The van der Waals surface area contributed by atoms with E-state index in [2.05, 4.69) is 266 Å². The Hall–Kier alpha value is -8.20. The SMILES string of the molecule is CC1(C)c2ccccc2-c2ccc(-c3cccc(N(c4ccccc4)c4ccc(-c5cccc6c7ccccc7n(-c7ccccc7)c56)cc4)c3-c3ccc(-c4ccccc4)cc3)cc21. The van der Waals surface area contributed by atoms with E-state index in [1.807, 2.05) is 0 Å². The molecule has 2 nitrogen and oxygen atoms in total. The molecule has 0 saturated heterocycles. The normalized spacial score (nSPS) is 12.6. The minimum absolute atomic E-state index is 0.116. The van der Waals surface area contributed by atoms with Crippen LogP contribution in [0.15, 0.2) is 243 Å². The molecule has 10 aromatic carbocycles. The van der Waals surface area contributed by atoms with Gasteiger partial charge in [-0.3, -0.25) is 0 Å². The van der Waals surface area contributed by atoms with Crippen LogP contribution in [0.4, 0.5) is 17.1 Å². The maximum absolute atomic E-state index is 2.45. The van der Waals surface area contributed by atoms with Gasteiger partial charge in [-0.25, -0.2) is 0 Å². The molecule has 0 radical (unpaired) electrons. The number of hydrogen-bond donors (Lipinski definition) is 0. The maximum Gasteiger partial charge on any atom is 0.0619 e. The molecule has 1 aliphatic carbocycles. The highest BCUT2D eigenvalue weighted by Crippen LogP contribution is 2.52. The summed E-state index contributed by atoms with van der Waals surface area (Å²) in [5.41, 5.74) is 21.7. The third-order valence-corrected chi connectivity index (χ3v) is 13.6. The van der Waals surface area contributed by atoms with Crippen LogP contribution in [0.25, 0.3) is 83.1 Å². The summed E-state index contributed by atoms with van der Waals surface area (Å²) in [4.78, 5) is 2.43. The van der Waals surface area contributed by atoms with Crippen molar-refractivity contribution in [3.05, 3.63) is 254 Å². The third-order valence-electron chi connectivity index (χ3n) is 13.6. The second-order valence-electron chi connectivity index (χ2n) is 17.7. The molecule has 1 aliphatic rings. The van der Waals surface area contributed by atoms with Crippen LogP contribution in [-0.2, 0) is 5.41 Å². The van der Waals surface area contributed by atoms with Crippen LogP contribution in [0.1, 0.15) is 25.0 Å². The highest BCUT2D eigenvalue weighted by atomic mass is 15.1.